The van der Waals surface area contributed by atoms with Gasteiger partial charge in [-0.15, -0.1) is 0 Å². The third-order valence-electron chi connectivity index (χ3n) is 3.84. The van der Waals surface area contributed by atoms with Crippen molar-refractivity contribution in [3.05, 3.63) is 35.2 Å². The predicted molar refractivity (Wildman–Crippen MR) is 88.3 cm³/mol. The summed E-state index contributed by atoms with van der Waals surface area (Å²) in [5.74, 6) is 0.804. The lowest BCUT2D eigenvalue weighted by molar-refractivity contribution is -0.118. The van der Waals surface area contributed by atoms with Crippen LogP contribution in [0.4, 0.5) is 0 Å². The molecule has 0 unspecified atom stereocenters. The second kappa shape index (κ2) is 5.92. The van der Waals surface area contributed by atoms with Gasteiger partial charge in [-0.25, -0.2) is 4.98 Å². The van der Waals surface area contributed by atoms with Gasteiger partial charge < -0.3 is 14.8 Å². The van der Waals surface area contributed by atoms with Crippen LogP contribution in [0.5, 0.6) is 0 Å². The Hall–Kier alpha value is -2.96. The summed E-state index contributed by atoms with van der Waals surface area (Å²) in [5, 5.41) is 3.95. The highest BCUT2D eigenvalue weighted by atomic mass is 16.5. The van der Waals surface area contributed by atoms with Gasteiger partial charge in [0.05, 0.1) is 22.3 Å². The zero-order valence-electron chi connectivity index (χ0n) is 13.8. The maximum atomic E-state index is 11.5. The average Bonchev–Trinajstić information content (AvgIpc) is 2.99. The molecule has 0 radical (unpaired) electrons. The van der Waals surface area contributed by atoms with Gasteiger partial charge in [-0.05, 0) is 38.5 Å². The van der Waals surface area contributed by atoms with E-state index in [1.807, 2.05) is 25.1 Å². The number of aryl methyl sites for hydroxylation is 2. The minimum Gasteiger partial charge on any atom is -0.368 e. The normalized spacial score (nSPS) is 11.1. The number of rotatable bonds is 5. The maximum Gasteiger partial charge on any atom is 0.237 e. The number of primary amides is 1. The van der Waals surface area contributed by atoms with Crippen LogP contribution >= 0.6 is 0 Å². The Morgan fingerprint density at radius 1 is 1.29 bits per heavy atom. The van der Waals surface area contributed by atoms with Crippen LogP contribution < -0.4 is 5.73 Å². The Labute approximate surface area is 138 Å². The Balaban J connectivity index is 2.25. The monoisotopic (exact) mass is 326 g/mol. The number of benzene rings is 1. The Bertz CT molecular complexity index is 933. The van der Waals surface area contributed by atoms with Crippen molar-refractivity contribution in [1.82, 2.24) is 14.7 Å². The van der Waals surface area contributed by atoms with Crippen molar-refractivity contribution in [2.24, 2.45) is 5.73 Å². The number of fused-ring (bicyclic) bond motifs is 1. The summed E-state index contributed by atoms with van der Waals surface area (Å²) in [5.41, 5.74) is 9.19. The quantitative estimate of drug-likeness (QED) is 0.771. The fourth-order valence-corrected chi connectivity index (χ4v) is 2.87. The molecule has 2 aromatic heterocycles. The van der Waals surface area contributed by atoms with E-state index in [1.165, 1.54) is 0 Å². The Morgan fingerprint density at radius 3 is 2.62 bits per heavy atom. The number of ketones is 1. The van der Waals surface area contributed by atoms with E-state index in [-0.39, 0.29) is 12.3 Å². The molecule has 3 rings (SSSR count). The first-order valence-corrected chi connectivity index (χ1v) is 7.57. The van der Waals surface area contributed by atoms with E-state index >= 15 is 0 Å². The first-order valence-electron chi connectivity index (χ1n) is 7.57. The van der Waals surface area contributed by atoms with Crippen LogP contribution in [0.15, 0.2) is 22.7 Å². The van der Waals surface area contributed by atoms with Crippen molar-refractivity contribution in [3.8, 4) is 11.4 Å². The summed E-state index contributed by atoms with van der Waals surface area (Å²) in [4.78, 5) is 27.5. The standard InChI is InChI=1S/C17H18N4O3/c1-9(22)6-12-4-5-13-14(7-12)21(8-15(18)23)17(19-13)16-10(2)20-24-11(16)3/h4-5,7H,6,8H2,1-3H3,(H2,18,23). The molecule has 0 saturated carbocycles. The number of nitrogens with zero attached hydrogens (tertiary/aromatic N) is 3. The number of amides is 1. The van der Waals surface area contributed by atoms with E-state index in [9.17, 15) is 9.59 Å². The molecule has 1 aromatic carbocycles. The molecule has 0 aliphatic rings. The van der Waals surface area contributed by atoms with Gasteiger partial charge in [0.25, 0.3) is 0 Å². The van der Waals surface area contributed by atoms with Gasteiger partial charge in [0.2, 0.25) is 5.91 Å². The van der Waals surface area contributed by atoms with E-state index in [4.69, 9.17) is 10.3 Å². The third kappa shape index (κ3) is 2.80. The second-order valence-electron chi connectivity index (χ2n) is 5.89. The van der Waals surface area contributed by atoms with Gasteiger partial charge in [0.15, 0.2) is 0 Å². The summed E-state index contributed by atoms with van der Waals surface area (Å²) in [6.07, 6.45) is 0.332. The Morgan fingerprint density at radius 2 is 2.04 bits per heavy atom. The lowest BCUT2D eigenvalue weighted by Crippen LogP contribution is -2.19. The highest BCUT2D eigenvalue weighted by Gasteiger charge is 2.21. The molecule has 24 heavy (non-hydrogen) atoms. The van der Waals surface area contributed by atoms with Gasteiger partial charge in [0, 0.05) is 6.42 Å². The molecule has 124 valence electrons. The second-order valence-corrected chi connectivity index (χ2v) is 5.89. The van der Waals surface area contributed by atoms with Crippen LogP contribution in [0.3, 0.4) is 0 Å². The highest BCUT2D eigenvalue weighted by Crippen LogP contribution is 2.30. The summed E-state index contributed by atoms with van der Waals surface area (Å²) in [6, 6.07) is 5.57. The molecule has 0 atom stereocenters. The molecule has 0 bridgehead atoms. The smallest absolute Gasteiger partial charge is 0.237 e. The van der Waals surface area contributed by atoms with Gasteiger partial charge in [-0.2, -0.15) is 0 Å². The van der Waals surface area contributed by atoms with E-state index < -0.39 is 5.91 Å². The van der Waals surface area contributed by atoms with Crippen LogP contribution in [0, 0.1) is 13.8 Å². The van der Waals surface area contributed by atoms with Gasteiger partial charge in [-0.3, -0.25) is 9.59 Å². The number of carbonyl (C=O) groups is 2. The molecule has 3 aromatic rings. The molecular formula is C17H18N4O3. The molecule has 7 nitrogen and oxygen atoms in total. The molecule has 0 fully saturated rings. The number of hydrogen-bond donors (Lipinski definition) is 1. The number of aromatic nitrogens is 3. The van der Waals surface area contributed by atoms with Crippen molar-refractivity contribution in [1.29, 1.82) is 0 Å². The van der Waals surface area contributed by atoms with Crippen molar-refractivity contribution in [2.45, 2.75) is 33.7 Å². The highest BCUT2D eigenvalue weighted by molar-refractivity contribution is 5.86. The fourth-order valence-electron chi connectivity index (χ4n) is 2.87. The first kappa shape index (κ1) is 15.9. The van der Waals surface area contributed by atoms with Crippen LogP contribution in [-0.2, 0) is 22.6 Å². The number of carbonyl (C=O) groups excluding carboxylic acids is 2. The summed E-state index contributed by atoms with van der Waals surface area (Å²) >= 11 is 0. The van der Waals surface area contributed by atoms with Crippen molar-refractivity contribution in [2.75, 3.05) is 0 Å². The molecule has 0 aliphatic carbocycles. The maximum absolute atomic E-state index is 11.5. The van der Waals surface area contributed by atoms with Crippen LogP contribution in [0.25, 0.3) is 22.4 Å². The molecular weight excluding hydrogens is 308 g/mol. The van der Waals surface area contributed by atoms with Crippen molar-refractivity contribution >= 4 is 22.7 Å². The molecule has 0 spiro atoms. The van der Waals surface area contributed by atoms with E-state index in [0.29, 0.717) is 23.7 Å². The van der Waals surface area contributed by atoms with Gasteiger partial charge in [-0.1, -0.05) is 11.2 Å². The summed E-state index contributed by atoms with van der Waals surface area (Å²) < 4.78 is 6.96. The molecule has 1 amide bonds. The van der Waals surface area contributed by atoms with Crippen LogP contribution in [-0.4, -0.2) is 26.4 Å². The number of nitrogens with two attached hydrogens (primary N) is 1. The average molecular weight is 326 g/mol. The molecule has 0 saturated heterocycles. The minimum absolute atomic E-state index is 0.0145. The van der Waals surface area contributed by atoms with E-state index in [0.717, 1.165) is 22.2 Å². The van der Waals surface area contributed by atoms with Crippen molar-refractivity contribution in [3.63, 3.8) is 0 Å². The van der Waals surface area contributed by atoms with E-state index in [2.05, 4.69) is 10.1 Å². The minimum atomic E-state index is -0.473. The third-order valence-corrected chi connectivity index (χ3v) is 3.84. The molecule has 2 N–H and O–H groups in total. The Kier molecular flexibility index (Phi) is 3.92. The SMILES string of the molecule is CC(=O)Cc1ccc2nc(-c3c(C)noc3C)n(CC(N)=O)c2c1. The van der Waals surface area contributed by atoms with E-state index in [1.54, 1.807) is 18.4 Å². The van der Waals surface area contributed by atoms with Crippen LogP contribution in [0.2, 0.25) is 0 Å². The topological polar surface area (TPSA) is 104 Å². The summed E-state index contributed by atoms with van der Waals surface area (Å²) in [6.45, 7) is 5.14. The zero-order chi connectivity index (χ0) is 17.4. The molecule has 7 heteroatoms. The molecule has 2 heterocycles. The number of hydrogen-bond acceptors (Lipinski definition) is 5. The largest absolute Gasteiger partial charge is 0.368 e. The van der Waals surface area contributed by atoms with Gasteiger partial charge in [0.1, 0.15) is 23.9 Å². The van der Waals surface area contributed by atoms with Gasteiger partial charge >= 0.3 is 0 Å². The lowest BCUT2D eigenvalue weighted by Gasteiger charge is -2.07. The van der Waals surface area contributed by atoms with Crippen molar-refractivity contribution < 1.29 is 14.1 Å². The van der Waals surface area contributed by atoms with Crippen LogP contribution in [0.1, 0.15) is 23.9 Å². The fraction of sp³-hybridized carbons (Fsp3) is 0.294. The molecule has 0 aliphatic heterocycles. The first-order chi connectivity index (χ1) is 11.4. The summed E-state index contributed by atoms with van der Waals surface area (Å²) in [7, 11) is 0. The zero-order valence-corrected chi connectivity index (χ0v) is 13.8. The number of imidazole rings is 1. The number of Topliss-reactive ketones (excluding diaryl/α,β-unsaturated/α-hetero) is 1. The lowest BCUT2D eigenvalue weighted by atomic mass is 10.1. The predicted octanol–water partition coefficient (Wildman–Crippen LogP) is 1.92.